The van der Waals surface area contributed by atoms with Gasteiger partial charge in [0.1, 0.15) is 11.5 Å². The second kappa shape index (κ2) is 8.58. The highest BCUT2D eigenvalue weighted by Gasteiger charge is 2.19. The smallest absolute Gasteiger partial charge is 0.265 e. The molecule has 0 saturated carbocycles. The minimum Gasteiger partial charge on any atom is -0.491 e. The number of hydrogen-bond donors (Lipinski definition) is 1. The Hall–Kier alpha value is -3.01. The van der Waals surface area contributed by atoms with E-state index in [0.717, 1.165) is 16.5 Å². The Kier molecular flexibility index (Phi) is 5.97. The first kappa shape index (κ1) is 18.8. The largest absolute Gasteiger partial charge is 0.491 e. The number of carbonyl (C=O) groups is 1. The zero-order valence-electron chi connectivity index (χ0n) is 15.9. The molecule has 3 rings (SSSR count). The molecule has 0 aliphatic heterocycles. The van der Waals surface area contributed by atoms with Gasteiger partial charge in [-0.05, 0) is 55.3 Å². The zero-order valence-corrected chi connectivity index (χ0v) is 15.9. The van der Waals surface area contributed by atoms with E-state index in [1.54, 1.807) is 0 Å². The SMILES string of the molecule is CC[C@H](Oc1ccc2ccccc2c1)C(=O)Nc1cccc(OC(C)C)c1. The standard InChI is InChI=1S/C23H25NO3/c1-4-22(27-21-13-12-17-8-5-6-9-18(17)14-21)23(25)24-19-10-7-11-20(15-19)26-16(2)3/h5-16,22H,4H2,1-3H3,(H,24,25)/t22-/m0/s1. The van der Waals surface area contributed by atoms with Gasteiger partial charge >= 0.3 is 0 Å². The number of carbonyl (C=O) groups excluding carboxylic acids is 1. The van der Waals surface area contributed by atoms with Gasteiger partial charge in [0.2, 0.25) is 0 Å². The Morgan fingerprint density at radius 2 is 1.63 bits per heavy atom. The van der Waals surface area contributed by atoms with Gasteiger partial charge in [0.05, 0.1) is 6.10 Å². The molecule has 3 aromatic carbocycles. The number of ether oxygens (including phenoxy) is 2. The topological polar surface area (TPSA) is 47.6 Å². The number of hydrogen-bond acceptors (Lipinski definition) is 3. The molecule has 4 nitrogen and oxygen atoms in total. The summed E-state index contributed by atoms with van der Waals surface area (Å²) in [7, 11) is 0. The summed E-state index contributed by atoms with van der Waals surface area (Å²) in [6.45, 7) is 5.87. The van der Waals surface area contributed by atoms with Crippen molar-refractivity contribution in [2.75, 3.05) is 5.32 Å². The summed E-state index contributed by atoms with van der Waals surface area (Å²) in [5.41, 5.74) is 0.693. The Labute approximate surface area is 160 Å². The van der Waals surface area contributed by atoms with Gasteiger partial charge in [-0.15, -0.1) is 0 Å². The van der Waals surface area contributed by atoms with Gasteiger partial charge in [-0.3, -0.25) is 4.79 Å². The van der Waals surface area contributed by atoms with Crippen LogP contribution in [0.3, 0.4) is 0 Å². The number of amides is 1. The van der Waals surface area contributed by atoms with Gasteiger partial charge in [-0.1, -0.05) is 43.3 Å². The third-order valence-electron chi connectivity index (χ3n) is 4.14. The minimum absolute atomic E-state index is 0.0792. The quantitative estimate of drug-likeness (QED) is 0.609. The highest BCUT2D eigenvalue weighted by molar-refractivity contribution is 5.94. The predicted octanol–water partition coefficient (Wildman–Crippen LogP) is 5.42. The van der Waals surface area contributed by atoms with Gasteiger partial charge in [0.15, 0.2) is 6.10 Å². The molecule has 140 valence electrons. The molecule has 0 saturated heterocycles. The van der Waals surface area contributed by atoms with Crippen LogP contribution in [0.5, 0.6) is 11.5 Å². The van der Waals surface area contributed by atoms with Crippen LogP contribution in [0.25, 0.3) is 10.8 Å². The summed E-state index contributed by atoms with van der Waals surface area (Å²) in [6, 6.07) is 21.3. The van der Waals surface area contributed by atoms with Crippen LogP contribution >= 0.6 is 0 Å². The number of anilines is 1. The van der Waals surface area contributed by atoms with E-state index in [-0.39, 0.29) is 12.0 Å². The van der Waals surface area contributed by atoms with Crippen molar-refractivity contribution < 1.29 is 14.3 Å². The van der Waals surface area contributed by atoms with Crippen LogP contribution in [-0.2, 0) is 4.79 Å². The van der Waals surface area contributed by atoms with Crippen molar-refractivity contribution in [2.45, 2.75) is 39.4 Å². The van der Waals surface area contributed by atoms with E-state index in [1.807, 2.05) is 81.4 Å². The van der Waals surface area contributed by atoms with E-state index in [1.165, 1.54) is 0 Å². The highest BCUT2D eigenvalue weighted by atomic mass is 16.5. The Balaban J connectivity index is 1.70. The molecule has 0 heterocycles. The van der Waals surface area contributed by atoms with E-state index in [0.29, 0.717) is 17.9 Å². The normalized spacial score (nSPS) is 12.0. The molecule has 3 aromatic rings. The van der Waals surface area contributed by atoms with Gasteiger partial charge < -0.3 is 14.8 Å². The lowest BCUT2D eigenvalue weighted by Crippen LogP contribution is -2.32. The third kappa shape index (κ3) is 5.00. The first-order valence-electron chi connectivity index (χ1n) is 9.28. The lowest BCUT2D eigenvalue weighted by Gasteiger charge is -2.18. The predicted molar refractivity (Wildman–Crippen MR) is 109 cm³/mol. The van der Waals surface area contributed by atoms with Crippen LogP contribution in [0.4, 0.5) is 5.69 Å². The van der Waals surface area contributed by atoms with Crippen LogP contribution in [0.2, 0.25) is 0 Å². The van der Waals surface area contributed by atoms with Gasteiger partial charge in [0, 0.05) is 11.8 Å². The molecule has 27 heavy (non-hydrogen) atoms. The molecule has 0 aliphatic rings. The molecule has 0 spiro atoms. The summed E-state index contributed by atoms with van der Waals surface area (Å²) in [5.74, 6) is 1.24. The first-order chi connectivity index (χ1) is 13.0. The molecule has 0 radical (unpaired) electrons. The number of fused-ring (bicyclic) bond motifs is 1. The summed E-state index contributed by atoms with van der Waals surface area (Å²) in [6.07, 6.45) is 0.0809. The molecule has 1 N–H and O–H groups in total. The molecule has 0 bridgehead atoms. The van der Waals surface area contributed by atoms with E-state index in [4.69, 9.17) is 9.47 Å². The average Bonchev–Trinajstić information content (AvgIpc) is 2.65. The fourth-order valence-electron chi connectivity index (χ4n) is 2.87. The van der Waals surface area contributed by atoms with E-state index < -0.39 is 6.10 Å². The van der Waals surface area contributed by atoms with Crippen molar-refractivity contribution in [3.05, 3.63) is 66.7 Å². The molecule has 0 fully saturated rings. The summed E-state index contributed by atoms with van der Waals surface area (Å²) >= 11 is 0. The van der Waals surface area contributed by atoms with E-state index in [9.17, 15) is 4.79 Å². The van der Waals surface area contributed by atoms with Crippen molar-refractivity contribution in [1.29, 1.82) is 0 Å². The molecule has 0 aromatic heterocycles. The van der Waals surface area contributed by atoms with Gasteiger partial charge in [-0.25, -0.2) is 0 Å². The second-order valence-electron chi connectivity index (χ2n) is 6.71. The second-order valence-corrected chi connectivity index (χ2v) is 6.71. The van der Waals surface area contributed by atoms with Crippen LogP contribution in [0.1, 0.15) is 27.2 Å². The maximum absolute atomic E-state index is 12.7. The number of rotatable bonds is 7. The van der Waals surface area contributed by atoms with Gasteiger partial charge in [-0.2, -0.15) is 0 Å². The summed E-state index contributed by atoms with van der Waals surface area (Å²) < 4.78 is 11.6. The maximum atomic E-state index is 12.7. The summed E-state index contributed by atoms with van der Waals surface area (Å²) in [4.78, 5) is 12.7. The Morgan fingerprint density at radius 1 is 0.889 bits per heavy atom. The molecule has 0 aliphatic carbocycles. The molecule has 1 amide bonds. The minimum atomic E-state index is -0.569. The van der Waals surface area contributed by atoms with Gasteiger partial charge in [0.25, 0.3) is 5.91 Å². The first-order valence-corrected chi connectivity index (χ1v) is 9.28. The van der Waals surface area contributed by atoms with E-state index >= 15 is 0 Å². The monoisotopic (exact) mass is 363 g/mol. The van der Waals surface area contributed by atoms with Crippen LogP contribution < -0.4 is 14.8 Å². The van der Waals surface area contributed by atoms with Crippen molar-refractivity contribution in [3.8, 4) is 11.5 Å². The zero-order chi connectivity index (χ0) is 19.2. The average molecular weight is 363 g/mol. The molecule has 4 heteroatoms. The molecule has 1 atom stereocenters. The summed E-state index contributed by atoms with van der Waals surface area (Å²) in [5, 5.41) is 5.15. The lowest BCUT2D eigenvalue weighted by atomic mass is 10.1. The van der Waals surface area contributed by atoms with E-state index in [2.05, 4.69) is 11.4 Å². The lowest BCUT2D eigenvalue weighted by molar-refractivity contribution is -0.122. The highest BCUT2D eigenvalue weighted by Crippen LogP contribution is 2.23. The fourth-order valence-corrected chi connectivity index (χ4v) is 2.87. The number of benzene rings is 3. The third-order valence-corrected chi connectivity index (χ3v) is 4.14. The molecular formula is C23H25NO3. The van der Waals surface area contributed by atoms with Crippen molar-refractivity contribution in [3.63, 3.8) is 0 Å². The molecule has 0 unspecified atom stereocenters. The fraction of sp³-hybridized carbons (Fsp3) is 0.261. The Bertz CT molecular complexity index is 920. The van der Waals surface area contributed by atoms with Crippen LogP contribution in [0, 0.1) is 0 Å². The van der Waals surface area contributed by atoms with Crippen LogP contribution in [-0.4, -0.2) is 18.1 Å². The Morgan fingerprint density at radius 3 is 2.37 bits per heavy atom. The van der Waals surface area contributed by atoms with Crippen molar-refractivity contribution >= 4 is 22.4 Å². The molecular weight excluding hydrogens is 338 g/mol. The number of nitrogens with one attached hydrogen (secondary N) is 1. The van der Waals surface area contributed by atoms with Crippen molar-refractivity contribution in [1.82, 2.24) is 0 Å². The maximum Gasteiger partial charge on any atom is 0.265 e. The van der Waals surface area contributed by atoms with Crippen molar-refractivity contribution in [2.24, 2.45) is 0 Å². The van der Waals surface area contributed by atoms with Crippen LogP contribution in [0.15, 0.2) is 66.7 Å².